The average molecular weight is 468 g/mol. The number of aliphatic hydroxyl groups excluding tert-OH is 1. The summed E-state index contributed by atoms with van der Waals surface area (Å²) in [4.78, 5) is 24.7. The molecule has 0 radical (unpaired) electrons. The topological polar surface area (TPSA) is 66.3 Å². The van der Waals surface area contributed by atoms with E-state index in [4.69, 9.17) is 0 Å². The second kappa shape index (κ2) is 7.99. The van der Waals surface area contributed by atoms with Crippen LogP contribution in [0.5, 0.6) is 0 Å². The van der Waals surface area contributed by atoms with Gasteiger partial charge in [0.05, 0.1) is 45.3 Å². The molecule has 0 spiro atoms. The second-order valence-electron chi connectivity index (χ2n) is 7.71. The minimum Gasteiger partial charge on any atom is -0.395 e. The largest absolute Gasteiger partial charge is 0.416 e. The number of benzene rings is 1. The van der Waals surface area contributed by atoms with Gasteiger partial charge in [-0.25, -0.2) is 9.97 Å². The molecule has 3 aromatic rings. The molecule has 3 heterocycles. The summed E-state index contributed by atoms with van der Waals surface area (Å²) in [5.41, 5.74) is 0.660. The van der Waals surface area contributed by atoms with Crippen LogP contribution in [0.1, 0.15) is 21.3 Å². The highest BCUT2D eigenvalue weighted by atomic mass is 32.1. The molecule has 0 unspecified atom stereocenters. The molecule has 0 aliphatic carbocycles. The Morgan fingerprint density at radius 2 is 1.87 bits per heavy atom. The number of thiazole rings is 2. The Kier molecular flexibility index (Phi) is 5.65. The van der Waals surface area contributed by atoms with Crippen molar-refractivity contribution in [3.63, 3.8) is 0 Å². The van der Waals surface area contributed by atoms with Crippen LogP contribution in [0.25, 0.3) is 10.6 Å². The molecule has 0 saturated carbocycles. The molecular formula is C21H20F3N3O2S2. The highest BCUT2D eigenvalue weighted by Crippen LogP contribution is 2.38. The Labute approximate surface area is 185 Å². The zero-order valence-electron chi connectivity index (χ0n) is 16.9. The third kappa shape index (κ3) is 4.24. The van der Waals surface area contributed by atoms with Crippen LogP contribution in [-0.4, -0.2) is 40.6 Å². The molecular weight excluding hydrogens is 447 g/mol. The van der Waals surface area contributed by atoms with Crippen molar-refractivity contribution in [1.29, 1.82) is 0 Å². The molecule has 0 amide bonds. The third-order valence-electron chi connectivity index (χ3n) is 5.44. The van der Waals surface area contributed by atoms with E-state index >= 15 is 0 Å². The minimum absolute atomic E-state index is 0.114. The molecule has 10 heteroatoms. The molecule has 0 atom stereocenters. The Morgan fingerprint density at radius 1 is 1.19 bits per heavy atom. The van der Waals surface area contributed by atoms with Crippen LogP contribution >= 0.6 is 22.7 Å². The van der Waals surface area contributed by atoms with Crippen LogP contribution in [0.4, 0.5) is 18.9 Å². The van der Waals surface area contributed by atoms with E-state index < -0.39 is 17.2 Å². The Morgan fingerprint density at radius 3 is 2.42 bits per heavy atom. The summed E-state index contributed by atoms with van der Waals surface area (Å²) in [5.74, 6) is -0.115. The first kappa shape index (κ1) is 21.9. The number of hydrogen-bond donors (Lipinski definition) is 1. The lowest BCUT2D eigenvalue weighted by Crippen LogP contribution is -2.63. The lowest BCUT2D eigenvalue weighted by molar-refractivity contribution is -0.137. The van der Waals surface area contributed by atoms with Crippen molar-refractivity contribution in [2.24, 2.45) is 5.41 Å². The number of carbonyl (C=O) groups is 1. The van der Waals surface area contributed by atoms with E-state index in [2.05, 4.69) is 9.97 Å². The number of rotatable bonds is 6. The van der Waals surface area contributed by atoms with Crippen molar-refractivity contribution in [3.05, 3.63) is 50.9 Å². The molecule has 1 aromatic carbocycles. The van der Waals surface area contributed by atoms with Crippen LogP contribution in [0.15, 0.2) is 29.6 Å². The van der Waals surface area contributed by atoms with Crippen molar-refractivity contribution in [2.45, 2.75) is 26.4 Å². The first-order chi connectivity index (χ1) is 14.6. The van der Waals surface area contributed by atoms with Gasteiger partial charge >= 0.3 is 6.18 Å². The number of aliphatic hydroxyl groups is 1. The maximum atomic E-state index is 12.9. The summed E-state index contributed by atoms with van der Waals surface area (Å²) in [5, 5.41) is 13.4. The highest BCUT2D eigenvalue weighted by molar-refractivity contribution is 7.16. The fraction of sp³-hybridized carbons (Fsp3) is 0.381. The number of halogens is 3. The maximum absolute atomic E-state index is 12.9. The van der Waals surface area contributed by atoms with Gasteiger partial charge in [0.1, 0.15) is 5.01 Å². The number of alkyl halides is 3. The van der Waals surface area contributed by atoms with E-state index in [9.17, 15) is 23.1 Å². The van der Waals surface area contributed by atoms with Crippen molar-refractivity contribution >= 4 is 34.1 Å². The van der Waals surface area contributed by atoms with Gasteiger partial charge in [0, 0.05) is 24.2 Å². The van der Waals surface area contributed by atoms with Crippen LogP contribution in [0.3, 0.4) is 0 Å². The fourth-order valence-corrected chi connectivity index (χ4v) is 5.42. The summed E-state index contributed by atoms with van der Waals surface area (Å²) < 4.78 is 38.2. The van der Waals surface area contributed by atoms with Crippen molar-refractivity contribution < 1.29 is 23.1 Å². The van der Waals surface area contributed by atoms with Gasteiger partial charge < -0.3 is 10.0 Å². The number of aryl methyl sites for hydroxylation is 2. The molecule has 1 saturated heterocycles. The normalized spacial score (nSPS) is 15.7. The molecule has 4 rings (SSSR count). The fourth-order valence-electron chi connectivity index (χ4n) is 3.68. The number of Topliss-reactive ketones (excluding diaryl/α,β-unsaturated/α-hetero) is 1. The van der Waals surface area contributed by atoms with Crippen LogP contribution in [0, 0.1) is 19.3 Å². The molecule has 31 heavy (non-hydrogen) atoms. The third-order valence-corrected chi connectivity index (χ3v) is 7.38. The number of ketones is 1. The van der Waals surface area contributed by atoms with Crippen molar-refractivity contribution in [3.8, 4) is 10.6 Å². The summed E-state index contributed by atoms with van der Waals surface area (Å²) >= 11 is 2.95. The van der Waals surface area contributed by atoms with Gasteiger partial charge in [0.25, 0.3) is 0 Å². The lowest BCUT2D eigenvalue weighted by atomic mass is 9.75. The van der Waals surface area contributed by atoms with Crippen LogP contribution in [0.2, 0.25) is 0 Å². The van der Waals surface area contributed by atoms with E-state index in [1.807, 2.05) is 19.2 Å². The van der Waals surface area contributed by atoms with Gasteiger partial charge in [-0.2, -0.15) is 13.2 Å². The SMILES string of the molecule is Cc1nc(C)c(-c2csc(CC(=O)C3(CO)CN(c4ccc(C(F)(F)F)cc4)C3)n2)s1. The second-order valence-corrected chi connectivity index (χ2v) is 9.86. The van der Waals surface area contributed by atoms with Crippen LogP contribution in [-0.2, 0) is 17.4 Å². The van der Waals surface area contributed by atoms with E-state index in [1.165, 1.54) is 23.5 Å². The van der Waals surface area contributed by atoms with Gasteiger partial charge in [0.15, 0.2) is 5.78 Å². The van der Waals surface area contributed by atoms with Crippen molar-refractivity contribution in [1.82, 2.24) is 9.97 Å². The molecule has 1 N–H and O–H groups in total. The number of carbonyl (C=O) groups excluding carboxylic acids is 1. The number of aromatic nitrogens is 2. The standard InChI is InChI=1S/C21H20F3N3O2S2/c1-12-19(31-13(2)25-12)16-8-30-18(26-16)7-17(29)20(11-28)9-27(10-20)15-5-3-14(4-6-15)21(22,23)24/h3-6,8,28H,7,9-11H2,1-2H3. The maximum Gasteiger partial charge on any atom is 0.416 e. The molecule has 0 bridgehead atoms. The zero-order valence-corrected chi connectivity index (χ0v) is 18.5. The molecule has 164 valence electrons. The Bertz CT molecular complexity index is 1100. The molecule has 2 aromatic heterocycles. The smallest absolute Gasteiger partial charge is 0.395 e. The monoisotopic (exact) mass is 467 g/mol. The molecule has 1 aliphatic rings. The number of anilines is 1. The predicted octanol–water partition coefficient (Wildman–Crippen LogP) is 4.51. The number of nitrogens with zero attached hydrogens (tertiary/aromatic N) is 3. The molecule has 1 aliphatic heterocycles. The first-order valence-electron chi connectivity index (χ1n) is 9.56. The summed E-state index contributed by atoms with van der Waals surface area (Å²) in [6.07, 6.45) is -4.27. The predicted molar refractivity (Wildman–Crippen MR) is 115 cm³/mol. The van der Waals surface area contributed by atoms with E-state index in [-0.39, 0.29) is 31.9 Å². The molecule has 1 fully saturated rings. The van der Waals surface area contributed by atoms with E-state index in [0.717, 1.165) is 33.4 Å². The Hall–Kier alpha value is -2.30. The first-order valence-corrected chi connectivity index (χ1v) is 11.3. The highest BCUT2D eigenvalue weighted by Gasteiger charge is 2.48. The lowest BCUT2D eigenvalue weighted by Gasteiger charge is -2.49. The van der Waals surface area contributed by atoms with Gasteiger partial charge in [-0.1, -0.05) is 0 Å². The van der Waals surface area contributed by atoms with Crippen LogP contribution < -0.4 is 4.90 Å². The summed E-state index contributed by atoms with van der Waals surface area (Å²) in [7, 11) is 0. The average Bonchev–Trinajstić information content (AvgIpc) is 3.26. The van der Waals surface area contributed by atoms with Crippen molar-refractivity contribution in [2.75, 3.05) is 24.6 Å². The van der Waals surface area contributed by atoms with Gasteiger partial charge in [-0.15, -0.1) is 22.7 Å². The summed E-state index contributed by atoms with van der Waals surface area (Å²) in [6.45, 7) is 4.07. The van der Waals surface area contributed by atoms with Gasteiger partial charge in [0.2, 0.25) is 0 Å². The van der Waals surface area contributed by atoms with E-state index in [1.54, 1.807) is 16.2 Å². The zero-order chi connectivity index (χ0) is 22.4. The van der Waals surface area contributed by atoms with E-state index in [0.29, 0.717) is 10.7 Å². The Balaban J connectivity index is 1.42. The molecule has 5 nitrogen and oxygen atoms in total. The summed E-state index contributed by atoms with van der Waals surface area (Å²) in [6, 6.07) is 4.83. The quantitative estimate of drug-likeness (QED) is 0.578. The van der Waals surface area contributed by atoms with Gasteiger partial charge in [-0.3, -0.25) is 4.79 Å². The number of hydrogen-bond acceptors (Lipinski definition) is 7. The van der Waals surface area contributed by atoms with Gasteiger partial charge in [-0.05, 0) is 38.1 Å². The minimum atomic E-state index is -4.39.